The third kappa shape index (κ3) is 6.05. The molecule has 7 heteroatoms. The predicted octanol–water partition coefficient (Wildman–Crippen LogP) is 4.68. The van der Waals surface area contributed by atoms with Gasteiger partial charge in [-0.3, -0.25) is 9.69 Å². The lowest BCUT2D eigenvalue weighted by Gasteiger charge is -2.26. The van der Waals surface area contributed by atoms with E-state index < -0.39 is 11.9 Å². The first-order valence-corrected chi connectivity index (χ1v) is 12.0. The first kappa shape index (κ1) is 23.1. The zero-order valence-electron chi connectivity index (χ0n) is 19.3. The number of carbonyl (C=O) groups is 1. The lowest BCUT2D eigenvalue weighted by atomic mass is 9.83. The maximum Gasteiger partial charge on any atom is 0.307 e. The van der Waals surface area contributed by atoms with Crippen LogP contribution in [0.15, 0.2) is 48.5 Å². The van der Waals surface area contributed by atoms with Gasteiger partial charge in [0.1, 0.15) is 0 Å². The van der Waals surface area contributed by atoms with Crippen LogP contribution in [0.4, 0.5) is 0 Å². The highest BCUT2D eigenvalue weighted by molar-refractivity contribution is 5.71. The molecule has 2 atom stereocenters. The van der Waals surface area contributed by atoms with E-state index in [4.69, 9.17) is 0 Å². The summed E-state index contributed by atoms with van der Waals surface area (Å²) in [5.74, 6) is -1.23. The van der Waals surface area contributed by atoms with Crippen molar-refractivity contribution in [3.05, 3.63) is 65.5 Å². The number of H-pyrrole nitrogens is 1. The van der Waals surface area contributed by atoms with Crippen LogP contribution in [0.3, 0.4) is 0 Å². The van der Waals surface area contributed by atoms with E-state index in [0.717, 1.165) is 24.1 Å². The molecule has 1 aliphatic rings. The molecule has 1 aliphatic heterocycles. The molecule has 0 saturated carbocycles. The molecule has 174 valence electrons. The lowest BCUT2D eigenvalue weighted by Crippen LogP contribution is -2.29. The van der Waals surface area contributed by atoms with Crippen molar-refractivity contribution in [3.8, 4) is 11.1 Å². The first-order chi connectivity index (χ1) is 16.1. The van der Waals surface area contributed by atoms with Crippen LogP contribution in [0.1, 0.15) is 61.9 Å². The zero-order valence-corrected chi connectivity index (χ0v) is 19.3. The predicted molar refractivity (Wildman–Crippen MR) is 128 cm³/mol. The summed E-state index contributed by atoms with van der Waals surface area (Å²) >= 11 is 0. The van der Waals surface area contributed by atoms with Crippen LogP contribution in [0.25, 0.3) is 11.1 Å². The number of piperidine rings is 1. The van der Waals surface area contributed by atoms with E-state index in [2.05, 4.69) is 68.0 Å². The summed E-state index contributed by atoms with van der Waals surface area (Å²) in [5, 5.41) is 24.3. The average molecular weight is 448 g/mol. The van der Waals surface area contributed by atoms with Crippen molar-refractivity contribution in [2.45, 2.75) is 57.9 Å². The van der Waals surface area contributed by atoms with Crippen LogP contribution in [0.5, 0.6) is 0 Å². The van der Waals surface area contributed by atoms with Gasteiger partial charge in [-0.05, 0) is 67.1 Å². The molecule has 0 radical (unpaired) electrons. The van der Waals surface area contributed by atoms with Gasteiger partial charge in [-0.25, -0.2) is 0 Å². The highest BCUT2D eigenvalue weighted by Gasteiger charge is 2.32. The van der Waals surface area contributed by atoms with Crippen LogP contribution in [0, 0.1) is 5.92 Å². The number of benzene rings is 2. The molecule has 33 heavy (non-hydrogen) atoms. The summed E-state index contributed by atoms with van der Waals surface area (Å²) in [6.07, 6.45) is 5.84. The third-order valence-electron chi connectivity index (χ3n) is 6.59. The van der Waals surface area contributed by atoms with Gasteiger partial charge in [0.25, 0.3) is 0 Å². The van der Waals surface area contributed by atoms with Crippen molar-refractivity contribution in [2.75, 3.05) is 13.1 Å². The first-order valence-electron chi connectivity index (χ1n) is 12.0. The van der Waals surface area contributed by atoms with E-state index in [0.29, 0.717) is 18.7 Å². The number of rotatable bonds is 10. The number of aromatic nitrogens is 4. The fourth-order valence-corrected chi connectivity index (χ4v) is 4.90. The Morgan fingerprint density at radius 1 is 1.06 bits per heavy atom. The van der Waals surface area contributed by atoms with Gasteiger partial charge in [0.2, 0.25) is 0 Å². The second-order valence-corrected chi connectivity index (χ2v) is 9.05. The molecule has 1 fully saturated rings. The van der Waals surface area contributed by atoms with Gasteiger partial charge >= 0.3 is 5.97 Å². The summed E-state index contributed by atoms with van der Waals surface area (Å²) in [6, 6.07) is 17.1. The molecule has 0 bridgehead atoms. The molecule has 1 saturated heterocycles. The van der Waals surface area contributed by atoms with Crippen molar-refractivity contribution in [3.63, 3.8) is 0 Å². The second-order valence-electron chi connectivity index (χ2n) is 9.05. The maximum absolute atomic E-state index is 12.0. The van der Waals surface area contributed by atoms with Crippen molar-refractivity contribution in [1.82, 2.24) is 25.5 Å². The number of hydrogen-bond acceptors (Lipinski definition) is 5. The highest BCUT2D eigenvalue weighted by atomic mass is 16.4. The van der Waals surface area contributed by atoms with Crippen LogP contribution >= 0.6 is 0 Å². The Morgan fingerprint density at radius 2 is 1.76 bits per heavy atom. The minimum absolute atomic E-state index is 0.332. The van der Waals surface area contributed by atoms with Crippen LogP contribution in [-0.2, 0) is 17.8 Å². The van der Waals surface area contributed by atoms with Gasteiger partial charge in [0.05, 0.1) is 5.92 Å². The molecule has 3 aromatic rings. The van der Waals surface area contributed by atoms with E-state index in [1.54, 1.807) is 0 Å². The molecule has 2 heterocycles. The third-order valence-corrected chi connectivity index (χ3v) is 6.59. The fourth-order valence-electron chi connectivity index (χ4n) is 4.90. The number of aliphatic carboxylic acids is 1. The molecule has 1 aromatic heterocycles. The van der Waals surface area contributed by atoms with Gasteiger partial charge in [-0.2, -0.15) is 5.21 Å². The van der Waals surface area contributed by atoms with Crippen molar-refractivity contribution >= 4 is 5.97 Å². The summed E-state index contributed by atoms with van der Waals surface area (Å²) in [7, 11) is 0. The van der Waals surface area contributed by atoms with E-state index in [-0.39, 0.29) is 5.92 Å². The van der Waals surface area contributed by atoms with Gasteiger partial charge < -0.3 is 5.11 Å². The molecule has 0 amide bonds. The highest BCUT2D eigenvalue weighted by Crippen LogP contribution is 2.31. The van der Waals surface area contributed by atoms with Gasteiger partial charge in [0.15, 0.2) is 5.82 Å². The molecule has 4 rings (SSSR count). The van der Waals surface area contributed by atoms with Gasteiger partial charge in [-0.1, -0.05) is 67.4 Å². The smallest absolute Gasteiger partial charge is 0.307 e. The monoisotopic (exact) mass is 447 g/mol. The summed E-state index contributed by atoms with van der Waals surface area (Å²) < 4.78 is 0. The quantitative estimate of drug-likeness (QED) is 0.469. The summed E-state index contributed by atoms with van der Waals surface area (Å²) in [6.45, 7) is 5.35. The van der Waals surface area contributed by atoms with Crippen LogP contribution in [0.2, 0.25) is 0 Å². The van der Waals surface area contributed by atoms with E-state index in [1.165, 1.54) is 43.5 Å². The number of nitrogens with zero attached hydrogens (tertiary/aromatic N) is 4. The van der Waals surface area contributed by atoms with Crippen LogP contribution in [-0.4, -0.2) is 49.7 Å². The summed E-state index contributed by atoms with van der Waals surface area (Å²) in [4.78, 5) is 14.6. The second kappa shape index (κ2) is 11.2. The standard InChI is InChI=1S/C26H33N5O2/c1-2-8-23(26(32)33)24(25-27-29-30-28-25)17-19-9-6-11-21(15-19)22-12-7-10-20(16-22)18-31-13-4-3-5-14-31/h6-7,9-12,15-16,23-24H,2-5,8,13-14,17-18H2,1H3,(H,32,33)(H,27,28,29,30)/t23-,24-/m0/s1. The Hall–Kier alpha value is -3.06. The number of tetrazole rings is 1. The molecular weight excluding hydrogens is 414 g/mol. The zero-order chi connectivity index (χ0) is 23.0. The molecular formula is C26H33N5O2. The molecule has 0 unspecified atom stereocenters. The minimum Gasteiger partial charge on any atom is -0.481 e. The number of nitrogens with one attached hydrogen (secondary N) is 1. The van der Waals surface area contributed by atoms with E-state index >= 15 is 0 Å². The Balaban J connectivity index is 1.55. The normalized spacial score (nSPS) is 16.4. The van der Waals surface area contributed by atoms with Crippen LogP contribution < -0.4 is 0 Å². The van der Waals surface area contributed by atoms with Crippen molar-refractivity contribution in [2.24, 2.45) is 5.92 Å². The molecule has 0 spiro atoms. The fraction of sp³-hybridized carbons (Fsp3) is 0.462. The SMILES string of the molecule is CCC[C@H](C(=O)O)[C@H](Cc1cccc(-c2cccc(CN3CCCCC3)c2)c1)c1nn[nH]n1. The number of aromatic amines is 1. The molecule has 0 aliphatic carbocycles. The Labute approximate surface area is 195 Å². The Bertz CT molecular complexity index is 1030. The van der Waals surface area contributed by atoms with Crippen molar-refractivity contribution in [1.29, 1.82) is 0 Å². The summed E-state index contributed by atoms with van der Waals surface area (Å²) in [5.41, 5.74) is 4.73. The number of likely N-dealkylation sites (tertiary alicyclic amines) is 1. The minimum atomic E-state index is -0.812. The molecule has 7 nitrogen and oxygen atoms in total. The number of hydrogen-bond donors (Lipinski definition) is 2. The largest absolute Gasteiger partial charge is 0.481 e. The lowest BCUT2D eigenvalue weighted by molar-refractivity contribution is -0.142. The number of carboxylic acid groups (broad SMARTS) is 1. The van der Waals surface area contributed by atoms with E-state index in [9.17, 15) is 9.90 Å². The molecule has 2 N–H and O–H groups in total. The average Bonchev–Trinajstić information content (AvgIpc) is 3.37. The van der Waals surface area contributed by atoms with Crippen molar-refractivity contribution < 1.29 is 9.90 Å². The topological polar surface area (TPSA) is 95.0 Å². The maximum atomic E-state index is 12.0. The molecule has 2 aromatic carbocycles. The van der Waals surface area contributed by atoms with Gasteiger partial charge in [0, 0.05) is 12.5 Å². The Kier molecular flexibility index (Phi) is 7.83. The number of carboxylic acids is 1. The van der Waals surface area contributed by atoms with Gasteiger partial charge in [-0.15, -0.1) is 10.2 Å². The Morgan fingerprint density at radius 3 is 2.39 bits per heavy atom. The van der Waals surface area contributed by atoms with E-state index in [1.807, 2.05) is 13.0 Å².